The van der Waals surface area contributed by atoms with Crippen LogP contribution < -0.4 is 5.32 Å². The quantitative estimate of drug-likeness (QED) is 0.684. The van der Waals surface area contributed by atoms with Gasteiger partial charge in [0.05, 0.1) is 6.61 Å². The summed E-state index contributed by atoms with van der Waals surface area (Å²) in [6, 6.07) is 0.805. The van der Waals surface area contributed by atoms with Crippen molar-refractivity contribution < 1.29 is 5.11 Å². The van der Waals surface area contributed by atoms with Crippen molar-refractivity contribution in [2.45, 2.75) is 38.1 Å². The van der Waals surface area contributed by atoms with Crippen LogP contribution in [0.3, 0.4) is 0 Å². The molecule has 0 radical (unpaired) electrons. The van der Waals surface area contributed by atoms with E-state index in [2.05, 4.69) is 10.2 Å². The molecular formula is C12H24N2O. The van der Waals surface area contributed by atoms with Crippen molar-refractivity contribution in [1.29, 1.82) is 0 Å². The second kappa shape index (κ2) is 5.83. The van der Waals surface area contributed by atoms with Gasteiger partial charge in [0.15, 0.2) is 0 Å². The number of nitrogens with one attached hydrogen (secondary N) is 1. The van der Waals surface area contributed by atoms with Gasteiger partial charge in [-0.2, -0.15) is 0 Å². The van der Waals surface area contributed by atoms with Gasteiger partial charge in [-0.25, -0.2) is 0 Å². The molecular weight excluding hydrogens is 188 g/mol. The molecule has 0 bridgehead atoms. The maximum atomic E-state index is 9.00. The highest BCUT2D eigenvalue weighted by Crippen LogP contribution is 2.27. The number of nitrogens with zero attached hydrogens (tertiary/aromatic N) is 1. The lowest BCUT2D eigenvalue weighted by Gasteiger charge is -2.26. The van der Waals surface area contributed by atoms with Gasteiger partial charge in [0.1, 0.15) is 0 Å². The standard InChI is InChI=1S/C12H24N2O/c15-10-9-14(12-1-2-12)8-5-11-3-6-13-7-4-11/h11-13,15H,1-10H2. The SMILES string of the molecule is OCCN(CCC1CCNCC1)C1CC1. The molecule has 0 spiro atoms. The maximum Gasteiger partial charge on any atom is 0.0558 e. The summed E-state index contributed by atoms with van der Waals surface area (Å²) in [4.78, 5) is 2.49. The predicted octanol–water partition coefficient (Wildman–Crippen LogP) is 0.833. The highest BCUT2D eigenvalue weighted by molar-refractivity contribution is 4.85. The zero-order chi connectivity index (χ0) is 10.5. The lowest BCUT2D eigenvalue weighted by atomic mass is 9.94. The molecule has 15 heavy (non-hydrogen) atoms. The summed E-state index contributed by atoms with van der Waals surface area (Å²) in [6.07, 6.45) is 6.73. The Morgan fingerprint density at radius 3 is 2.40 bits per heavy atom. The van der Waals surface area contributed by atoms with Crippen LogP contribution in [0.15, 0.2) is 0 Å². The molecule has 0 aromatic carbocycles. The lowest BCUT2D eigenvalue weighted by molar-refractivity contribution is 0.175. The molecule has 0 amide bonds. The normalized spacial score (nSPS) is 23.6. The van der Waals surface area contributed by atoms with Crippen LogP contribution in [-0.4, -0.2) is 48.8 Å². The third-order valence-corrected chi connectivity index (χ3v) is 3.73. The van der Waals surface area contributed by atoms with Crippen LogP contribution in [0.2, 0.25) is 0 Å². The van der Waals surface area contributed by atoms with E-state index in [9.17, 15) is 0 Å². The van der Waals surface area contributed by atoms with Gasteiger partial charge in [0.25, 0.3) is 0 Å². The number of aliphatic hydroxyl groups excluding tert-OH is 1. The maximum absolute atomic E-state index is 9.00. The first kappa shape index (κ1) is 11.4. The molecule has 1 saturated carbocycles. The Morgan fingerprint density at radius 1 is 1.07 bits per heavy atom. The van der Waals surface area contributed by atoms with Crippen molar-refractivity contribution >= 4 is 0 Å². The molecule has 1 saturated heterocycles. The fraction of sp³-hybridized carbons (Fsp3) is 1.00. The first-order valence-corrected chi connectivity index (χ1v) is 6.46. The number of hydrogen-bond acceptors (Lipinski definition) is 3. The minimum absolute atomic E-state index is 0.322. The Balaban J connectivity index is 1.65. The van der Waals surface area contributed by atoms with E-state index in [0.29, 0.717) is 6.61 Å². The molecule has 1 heterocycles. The first-order chi connectivity index (χ1) is 7.40. The van der Waals surface area contributed by atoms with Crippen molar-refractivity contribution in [1.82, 2.24) is 10.2 Å². The molecule has 2 rings (SSSR count). The van der Waals surface area contributed by atoms with Crippen LogP contribution in [0.4, 0.5) is 0 Å². The second-order valence-corrected chi connectivity index (χ2v) is 4.97. The molecule has 1 aliphatic heterocycles. The predicted molar refractivity (Wildman–Crippen MR) is 61.9 cm³/mol. The third-order valence-electron chi connectivity index (χ3n) is 3.73. The number of rotatable bonds is 6. The molecule has 3 nitrogen and oxygen atoms in total. The Hall–Kier alpha value is -0.120. The van der Waals surface area contributed by atoms with E-state index in [1.807, 2.05) is 0 Å². The minimum Gasteiger partial charge on any atom is -0.395 e. The third kappa shape index (κ3) is 3.74. The minimum atomic E-state index is 0.322. The molecule has 1 aliphatic carbocycles. The van der Waals surface area contributed by atoms with Gasteiger partial charge >= 0.3 is 0 Å². The van der Waals surface area contributed by atoms with Gasteiger partial charge < -0.3 is 10.4 Å². The zero-order valence-electron chi connectivity index (χ0n) is 9.62. The van der Waals surface area contributed by atoms with Crippen LogP contribution in [0.25, 0.3) is 0 Å². The van der Waals surface area contributed by atoms with Crippen LogP contribution in [0.5, 0.6) is 0 Å². The molecule has 2 aliphatic rings. The molecule has 3 heteroatoms. The Labute approximate surface area is 92.8 Å². The van der Waals surface area contributed by atoms with Crippen molar-refractivity contribution in [2.75, 3.05) is 32.8 Å². The summed E-state index contributed by atoms with van der Waals surface area (Å²) in [7, 11) is 0. The fourth-order valence-corrected chi connectivity index (χ4v) is 2.56. The summed E-state index contributed by atoms with van der Waals surface area (Å²) < 4.78 is 0. The van der Waals surface area contributed by atoms with E-state index in [1.165, 1.54) is 51.7 Å². The monoisotopic (exact) mass is 212 g/mol. The first-order valence-electron chi connectivity index (χ1n) is 6.46. The van der Waals surface area contributed by atoms with Gasteiger partial charge in [-0.3, -0.25) is 4.90 Å². The van der Waals surface area contributed by atoms with Crippen LogP contribution in [0, 0.1) is 5.92 Å². The van der Waals surface area contributed by atoms with E-state index in [0.717, 1.165) is 18.5 Å². The summed E-state index contributed by atoms with van der Waals surface area (Å²) >= 11 is 0. The second-order valence-electron chi connectivity index (χ2n) is 4.97. The summed E-state index contributed by atoms with van der Waals surface area (Å²) in [5, 5.41) is 12.4. The Kier molecular flexibility index (Phi) is 4.42. The average Bonchev–Trinajstić information content (AvgIpc) is 3.09. The number of aliphatic hydroxyl groups is 1. The van der Waals surface area contributed by atoms with E-state index in [4.69, 9.17) is 5.11 Å². The average molecular weight is 212 g/mol. The number of hydrogen-bond donors (Lipinski definition) is 2. The van der Waals surface area contributed by atoms with E-state index in [-0.39, 0.29) is 0 Å². The van der Waals surface area contributed by atoms with Gasteiger partial charge in [-0.05, 0) is 57.7 Å². The van der Waals surface area contributed by atoms with Gasteiger partial charge in [-0.1, -0.05) is 0 Å². The van der Waals surface area contributed by atoms with Crippen molar-refractivity contribution in [3.05, 3.63) is 0 Å². The topological polar surface area (TPSA) is 35.5 Å². The lowest BCUT2D eigenvalue weighted by Crippen LogP contribution is -2.34. The van der Waals surface area contributed by atoms with Crippen LogP contribution in [0.1, 0.15) is 32.1 Å². The van der Waals surface area contributed by atoms with Gasteiger partial charge in [0, 0.05) is 12.6 Å². The Morgan fingerprint density at radius 2 is 1.80 bits per heavy atom. The molecule has 88 valence electrons. The molecule has 2 N–H and O–H groups in total. The molecule has 0 unspecified atom stereocenters. The number of piperidine rings is 1. The largest absolute Gasteiger partial charge is 0.395 e. The molecule has 0 aromatic rings. The molecule has 2 fully saturated rings. The highest BCUT2D eigenvalue weighted by Gasteiger charge is 2.28. The van der Waals surface area contributed by atoms with E-state index >= 15 is 0 Å². The molecule has 0 aromatic heterocycles. The highest BCUT2D eigenvalue weighted by atomic mass is 16.3. The summed E-state index contributed by atoms with van der Waals surface area (Å²) in [5.41, 5.74) is 0. The van der Waals surface area contributed by atoms with Crippen molar-refractivity contribution in [2.24, 2.45) is 5.92 Å². The van der Waals surface area contributed by atoms with Gasteiger partial charge in [-0.15, -0.1) is 0 Å². The van der Waals surface area contributed by atoms with Crippen LogP contribution in [-0.2, 0) is 0 Å². The summed E-state index contributed by atoms with van der Waals surface area (Å²) in [5.74, 6) is 0.922. The van der Waals surface area contributed by atoms with Gasteiger partial charge in [0.2, 0.25) is 0 Å². The smallest absolute Gasteiger partial charge is 0.0558 e. The van der Waals surface area contributed by atoms with Crippen molar-refractivity contribution in [3.63, 3.8) is 0 Å². The Bertz CT molecular complexity index is 176. The van der Waals surface area contributed by atoms with E-state index in [1.54, 1.807) is 0 Å². The molecule has 0 atom stereocenters. The summed E-state index contributed by atoms with van der Waals surface area (Å²) in [6.45, 7) is 4.82. The fourth-order valence-electron chi connectivity index (χ4n) is 2.56. The van der Waals surface area contributed by atoms with Crippen molar-refractivity contribution in [3.8, 4) is 0 Å². The zero-order valence-corrected chi connectivity index (χ0v) is 9.62. The van der Waals surface area contributed by atoms with E-state index < -0.39 is 0 Å². The van der Waals surface area contributed by atoms with Crippen LogP contribution >= 0.6 is 0 Å².